The minimum absolute atomic E-state index is 0.0423. The van der Waals surface area contributed by atoms with Crippen molar-refractivity contribution in [1.82, 2.24) is 19.7 Å². The lowest BCUT2D eigenvalue weighted by atomic mass is 9.92. The molecule has 1 amide bonds. The average Bonchev–Trinajstić information content (AvgIpc) is 2.94. The van der Waals surface area contributed by atoms with Crippen LogP contribution in [0.2, 0.25) is 0 Å². The van der Waals surface area contributed by atoms with Crippen LogP contribution in [0.15, 0.2) is 12.7 Å². The fourth-order valence-corrected chi connectivity index (χ4v) is 2.65. The fourth-order valence-electron chi connectivity index (χ4n) is 1.53. The summed E-state index contributed by atoms with van der Waals surface area (Å²) in [4.78, 5) is 19.9. The number of amides is 1. The number of nitrogens with zero attached hydrogens (tertiary/aromatic N) is 4. The third-order valence-corrected chi connectivity index (χ3v) is 3.47. The maximum atomic E-state index is 11.5. The van der Waals surface area contributed by atoms with Crippen molar-refractivity contribution < 1.29 is 4.79 Å². The lowest BCUT2D eigenvalue weighted by Gasteiger charge is -2.16. The van der Waals surface area contributed by atoms with Crippen molar-refractivity contribution in [3.8, 4) is 5.00 Å². The molecule has 0 radical (unpaired) electrons. The molecule has 0 aliphatic carbocycles. The molecule has 2 aromatic rings. The summed E-state index contributed by atoms with van der Waals surface area (Å²) < 4.78 is 1.68. The van der Waals surface area contributed by atoms with Crippen LogP contribution in [0, 0.1) is 0 Å². The average molecular weight is 279 g/mol. The van der Waals surface area contributed by atoms with Crippen molar-refractivity contribution in [2.45, 2.75) is 39.5 Å². The van der Waals surface area contributed by atoms with Gasteiger partial charge in [-0.25, -0.2) is 14.6 Å². The topological polar surface area (TPSA) is 72.7 Å². The summed E-state index contributed by atoms with van der Waals surface area (Å²) in [6.45, 7) is 8.04. The van der Waals surface area contributed by atoms with Crippen LogP contribution in [-0.4, -0.2) is 25.7 Å². The number of nitrogens with one attached hydrogen (secondary N) is 1. The number of carbonyl (C=O) groups is 1. The molecule has 0 aromatic carbocycles. The molecular weight excluding hydrogens is 262 g/mol. The predicted octanol–water partition coefficient (Wildman–Crippen LogP) is 2.37. The molecule has 0 aliphatic rings. The first-order valence-electron chi connectivity index (χ1n) is 6.08. The Balaban J connectivity index is 2.43. The van der Waals surface area contributed by atoms with Crippen molar-refractivity contribution >= 4 is 22.4 Å². The van der Waals surface area contributed by atoms with E-state index in [1.807, 2.05) is 6.92 Å². The minimum Gasteiger partial charge on any atom is -0.302 e. The number of hydrogen-bond donors (Lipinski definition) is 1. The monoisotopic (exact) mass is 279 g/mol. The van der Waals surface area contributed by atoms with Gasteiger partial charge in [-0.15, -0.1) is 0 Å². The molecule has 102 valence electrons. The van der Waals surface area contributed by atoms with E-state index in [4.69, 9.17) is 0 Å². The Morgan fingerprint density at radius 1 is 1.47 bits per heavy atom. The molecule has 19 heavy (non-hydrogen) atoms. The number of carbonyl (C=O) groups excluding carboxylic acids is 1. The van der Waals surface area contributed by atoms with E-state index in [0.717, 1.165) is 10.7 Å². The van der Waals surface area contributed by atoms with E-state index in [9.17, 15) is 4.79 Å². The van der Waals surface area contributed by atoms with Crippen molar-refractivity contribution in [3.05, 3.63) is 18.3 Å². The quantitative estimate of drug-likeness (QED) is 0.936. The molecule has 0 unspecified atom stereocenters. The van der Waals surface area contributed by atoms with E-state index >= 15 is 0 Å². The number of aromatic nitrogens is 4. The van der Waals surface area contributed by atoms with Gasteiger partial charge in [0.25, 0.3) is 0 Å². The zero-order valence-corrected chi connectivity index (χ0v) is 12.3. The third-order valence-electron chi connectivity index (χ3n) is 2.51. The second-order valence-corrected chi connectivity index (χ2v) is 6.14. The molecular formula is C12H17N5OS. The van der Waals surface area contributed by atoms with Gasteiger partial charge in [-0.2, -0.15) is 5.10 Å². The van der Waals surface area contributed by atoms with Crippen LogP contribution >= 0.6 is 11.3 Å². The lowest BCUT2D eigenvalue weighted by Crippen LogP contribution is -2.15. The molecule has 0 atom stereocenters. The highest BCUT2D eigenvalue weighted by Gasteiger charge is 2.25. The van der Waals surface area contributed by atoms with Gasteiger partial charge in [0.15, 0.2) is 5.13 Å². The molecule has 0 spiro atoms. The van der Waals surface area contributed by atoms with Gasteiger partial charge < -0.3 is 5.32 Å². The molecule has 0 saturated carbocycles. The van der Waals surface area contributed by atoms with Gasteiger partial charge in [0.05, 0.1) is 5.69 Å². The van der Waals surface area contributed by atoms with Gasteiger partial charge >= 0.3 is 0 Å². The molecule has 0 bridgehead atoms. The molecule has 2 heterocycles. The predicted molar refractivity (Wildman–Crippen MR) is 74.7 cm³/mol. The van der Waals surface area contributed by atoms with Gasteiger partial charge in [-0.3, -0.25) is 4.79 Å². The first-order chi connectivity index (χ1) is 8.91. The van der Waals surface area contributed by atoms with Gasteiger partial charge in [0, 0.05) is 11.8 Å². The van der Waals surface area contributed by atoms with Crippen molar-refractivity contribution in [1.29, 1.82) is 0 Å². The summed E-state index contributed by atoms with van der Waals surface area (Å²) in [6.07, 6.45) is 3.55. The minimum atomic E-state index is -0.132. The Morgan fingerprint density at radius 2 is 2.21 bits per heavy atom. The van der Waals surface area contributed by atoms with E-state index in [2.05, 4.69) is 41.2 Å². The normalized spacial score (nSPS) is 11.6. The van der Waals surface area contributed by atoms with Crippen LogP contribution < -0.4 is 5.32 Å². The largest absolute Gasteiger partial charge is 0.302 e. The van der Waals surface area contributed by atoms with E-state index < -0.39 is 0 Å². The number of anilines is 1. The van der Waals surface area contributed by atoms with E-state index in [0.29, 0.717) is 11.6 Å². The Kier molecular flexibility index (Phi) is 3.66. The van der Waals surface area contributed by atoms with Crippen LogP contribution in [0.3, 0.4) is 0 Å². The van der Waals surface area contributed by atoms with Gasteiger partial charge in [-0.1, -0.05) is 39.0 Å². The summed E-state index contributed by atoms with van der Waals surface area (Å²) in [5, 5.41) is 8.41. The summed E-state index contributed by atoms with van der Waals surface area (Å²) in [5.41, 5.74) is 0.766. The van der Waals surface area contributed by atoms with Gasteiger partial charge in [-0.05, 0) is 0 Å². The van der Waals surface area contributed by atoms with E-state index in [1.54, 1.807) is 11.0 Å². The Labute approximate surface area is 115 Å². The second-order valence-electron chi connectivity index (χ2n) is 5.16. The summed E-state index contributed by atoms with van der Waals surface area (Å²) >= 11 is 1.41. The molecule has 0 aliphatic heterocycles. The van der Waals surface area contributed by atoms with Crippen LogP contribution in [0.5, 0.6) is 0 Å². The van der Waals surface area contributed by atoms with Crippen LogP contribution in [0.25, 0.3) is 5.00 Å². The van der Waals surface area contributed by atoms with Crippen molar-refractivity contribution in [2.24, 2.45) is 0 Å². The third kappa shape index (κ3) is 2.98. The van der Waals surface area contributed by atoms with Crippen LogP contribution in [0.4, 0.5) is 5.13 Å². The Morgan fingerprint density at radius 3 is 2.74 bits per heavy atom. The first-order valence-corrected chi connectivity index (χ1v) is 6.89. The molecule has 1 N–H and O–H groups in total. The molecule has 7 heteroatoms. The van der Waals surface area contributed by atoms with Crippen molar-refractivity contribution in [2.75, 3.05) is 5.32 Å². The first kappa shape index (κ1) is 13.7. The molecule has 2 aromatic heterocycles. The highest BCUT2D eigenvalue weighted by Crippen LogP contribution is 2.34. The summed E-state index contributed by atoms with van der Waals surface area (Å²) in [5.74, 6) is -0.0423. The Hall–Kier alpha value is -1.76. The van der Waals surface area contributed by atoms with Gasteiger partial charge in [0.2, 0.25) is 5.91 Å². The molecule has 0 fully saturated rings. The Bertz CT molecular complexity index is 567. The maximum Gasteiger partial charge on any atom is 0.225 e. The number of hydrogen-bond acceptors (Lipinski definition) is 5. The fraction of sp³-hybridized carbons (Fsp3) is 0.500. The standard InChI is InChI=1S/C12H17N5OS/c1-5-8(18)15-11-16-9(12(2,3)4)10(19-11)17-7-13-6-14-17/h6-7H,5H2,1-4H3,(H,15,16,18). The van der Waals surface area contributed by atoms with Gasteiger partial charge in [0.1, 0.15) is 17.7 Å². The lowest BCUT2D eigenvalue weighted by molar-refractivity contribution is -0.115. The summed E-state index contributed by atoms with van der Waals surface area (Å²) in [6, 6.07) is 0. The maximum absolute atomic E-state index is 11.5. The number of rotatable bonds is 3. The van der Waals surface area contributed by atoms with E-state index in [-0.39, 0.29) is 11.3 Å². The molecule has 0 saturated heterocycles. The second kappa shape index (κ2) is 5.08. The molecule has 2 rings (SSSR count). The highest BCUT2D eigenvalue weighted by atomic mass is 32.1. The highest BCUT2D eigenvalue weighted by molar-refractivity contribution is 7.18. The van der Waals surface area contributed by atoms with Crippen LogP contribution in [-0.2, 0) is 10.2 Å². The smallest absolute Gasteiger partial charge is 0.225 e. The van der Waals surface area contributed by atoms with E-state index in [1.165, 1.54) is 17.7 Å². The zero-order chi connectivity index (χ0) is 14.0. The van der Waals surface area contributed by atoms with Crippen molar-refractivity contribution in [3.63, 3.8) is 0 Å². The summed E-state index contributed by atoms with van der Waals surface area (Å²) in [7, 11) is 0. The zero-order valence-electron chi connectivity index (χ0n) is 11.5. The molecule has 6 nitrogen and oxygen atoms in total. The SMILES string of the molecule is CCC(=O)Nc1nc(C(C)(C)C)c(-n2cncn2)s1. The number of thiazole rings is 1. The van der Waals surface area contributed by atoms with Crippen LogP contribution in [0.1, 0.15) is 39.8 Å².